The van der Waals surface area contributed by atoms with Crippen LogP contribution in [0.15, 0.2) is 8.68 Å². The Morgan fingerprint density at radius 2 is 1.77 bits per heavy atom. The first-order valence-electron chi connectivity index (χ1n) is 7.62. The molecule has 150 valence electrons. The van der Waals surface area contributed by atoms with Gasteiger partial charge < -0.3 is 4.74 Å². The molecule has 0 spiro atoms. The second-order valence-corrected chi connectivity index (χ2v) is 10.1. The summed E-state index contributed by atoms with van der Waals surface area (Å²) in [5.41, 5.74) is 0. The van der Waals surface area contributed by atoms with Crippen LogP contribution in [0, 0.1) is 0 Å². The summed E-state index contributed by atoms with van der Waals surface area (Å²) >= 11 is 4.23. The largest absolute Gasteiger partial charge is 0.465 e. The van der Waals surface area contributed by atoms with Crippen molar-refractivity contribution in [2.75, 3.05) is 12.4 Å². The lowest BCUT2D eigenvalue weighted by Gasteiger charge is -2.19. The molecule has 0 aliphatic carbocycles. The molecule has 1 aromatic heterocycles. The van der Waals surface area contributed by atoms with Crippen molar-refractivity contribution in [3.8, 4) is 0 Å². The molecule has 12 heteroatoms. The van der Waals surface area contributed by atoms with Gasteiger partial charge in [0.2, 0.25) is 0 Å². The third-order valence-electron chi connectivity index (χ3n) is 3.23. The number of nitrogens with zero attached hydrogens (tertiary/aromatic N) is 2. The van der Waals surface area contributed by atoms with Gasteiger partial charge >= 0.3 is 18.1 Å². The van der Waals surface area contributed by atoms with Crippen LogP contribution >= 0.6 is 34.9 Å². The highest BCUT2D eigenvalue weighted by Crippen LogP contribution is 2.39. The molecule has 1 aromatic rings. The van der Waals surface area contributed by atoms with Crippen molar-refractivity contribution in [3.63, 3.8) is 0 Å². The minimum atomic E-state index is -5.64. The molecule has 0 aliphatic rings. The summed E-state index contributed by atoms with van der Waals surface area (Å²) in [7, 11) is 0. The normalized spacial score (nSPS) is 13.1. The molecule has 0 aliphatic heterocycles. The van der Waals surface area contributed by atoms with Crippen molar-refractivity contribution in [3.05, 3.63) is 0 Å². The maximum absolute atomic E-state index is 12.7. The van der Waals surface area contributed by atoms with Crippen molar-refractivity contribution >= 4 is 40.8 Å². The molecule has 0 saturated carbocycles. The zero-order valence-electron chi connectivity index (χ0n) is 14.4. The van der Waals surface area contributed by atoms with Crippen LogP contribution in [0.1, 0.15) is 40.0 Å². The Balaban J connectivity index is 2.29. The summed E-state index contributed by atoms with van der Waals surface area (Å²) in [6.45, 7) is 5.26. The van der Waals surface area contributed by atoms with Crippen LogP contribution in [0.5, 0.6) is 0 Å². The van der Waals surface area contributed by atoms with Crippen LogP contribution in [0.25, 0.3) is 0 Å². The number of carbonyl (C=O) groups is 1. The van der Waals surface area contributed by atoms with Gasteiger partial charge in [-0.1, -0.05) is 55.6 Å². The van der Waals surface area contributed by atoms with Crippen molar-refractivity contribution in [1.29, 1.82) is 0 Å². The smallest absolute Gasteiger partial charge is 0.453 e. The fourth-order valence-electron chi connectivity index (χ4n) is 1.33. The first kappa shape index (κ1) is 23.4. The molecule has 4 nitrogen and oxygen atoms in total. The van der Waals surface area contributed by atoms with Crippen molar-refractivity contribution in [1.82, 2.24) is 10.2 Å². The standard InChI is InChI=1S/C14H19F5N2O2S3/c1-4-12(2,3)26-11-21-20-10(25-11)24-8-5-9(22)23-7-6-13(15,16)14(17,18)19/h4-8H2,1-3H3. The minimum absolute atomic E-state index is 0.0315. The topological polar surface area (TPSA) is 52.1 Å². The quantitative estimate of drug-likeness (QED) is 0.276. The Morgan fingerprint density at radius 1 is 1.15 bits per heavy atom. The van der Waals surface area contributed by atoms with E-state index in [9.17, 15) is 26.7 Å². The lowest BCUT2D eigenvalue weighted by molar-refractivity contribution is -0.286. The van der Waals surface area contributed by atoms with Crippen molar-refractivity contribution in [2.24, 2.45) is 0 Å². The number of rotatable bonds is 10. The van der Waals surface area contributed by atoms with E-state index in [1.165, 1.54) is 23.1 Å². The fraction of sp³-hybridized carbons (Fsp3) is 0.786. The first-order valence-corrected chi connectivity index (χ1v) is 10.2. The average Bonchev–Trinajstić information content (AvgIpc) is 2.92. The lowest BCUT2D eigenvalue weighted by atomic mass is 10.1. The van der Waals surface area contributed by atoms with E-state index >= 15 is 0 Å². The Hall–Kier alpha value is -0.620. The zero-order chi connectivity index (χ0) is 20.0. The third kappa shape index (κ3) is 7.95. The highest BCUT2D eigenvalue weighted by molar-refractivity contribution is 8.04. The highest BCUT2D eigenvalue weighted by Gasteiger charge is 2.56. The summed E-state index contributed by atoms with van der Waals surface area (Å²) in [6.07, 6.45) is -6.39. The number of thioether (sulfide) groups is 2. The molecule has 0 bridgehead atoms. The van der Waals surface area contributed by atoms with E-state index in [1.54, 1.807) is 11.8 Å². The van der Waals surface area contributed by atoms with Gasteiger partial charge in [-0.05, 0) is 6.42 Å². The maximum atomic E-state index is 12.7. The van der Waals surface area contributed by atoms with E-state index in [0.717, 1.165) is 10.8 Å². The van der Waals surface area contributed by atoms with Gasteiger partial charge in [-0.25, -0.2) is 0 Å². The van der Waals surface area contributed by atoms with Gasteiger partial charge in [-0.2, -0.15) is 22.0 Å². The number of alkyl halides is 5. The summed E-state index contributed by atoms with van der Waals surface area (Å²) in [6, 6.07) is 0. The van der Waals surface area contributed by atoms with Crippen LogP contribution < -0.4 is 0 Å². The lowest BCUT2D eigenvalue weighted by Crippen LogP contribution is -2.37. The third-order valence-corrected chi connectivity index (χ3v) is 6.68. The van der Waals surface area contributed by atoms with E-state index in [4.69, 9.17) is 0 Å². The van der Waals surface area contributed by atoms with E-state index in [0.29, 0.717) is 4.34 Å². The van der Waals surface area contributed by atoms with Crippen LogP contribution in [0.2, 0.25) is 0 Å². The number of hydrogen-bond donors (Lipinski definition) is 0. The van der Waals surface area contributed by atoms with Crippen LogP contribution in [0.3, 0.4) is 0 Å². The van der Waals surface area contributed by atoms with Crippen LogP contribution in [-0.4, -0.2) is 45.4 Å². The predicted octanol–water partition coefficient (Wildman–Crippen LogP) is 5.43. The molecule has 0 aromatic carbocycles. The molecule has 0 unspecified atom stereocenters. The Bertz CT molecular complexity index is 593. The Labute approximate surface area is 160 Å². The number of esters is 1. The molecule has 1 heterocycles. The second-order valence-electron chi connectivity index (χ2n) is 5.82. The van der Waals surface area contributed by atoms with Gasteiger partial charge in [0.05, 0.1) is 19.4 Å². The van der Waals surface area contributed by atoms with E-state index in [1.807, 2.05) is 0 Å². The number of ether oxygens (including phenoxy) is 1. The highest BCUT2D eigenvalue weighted by atomic mass is 32.2. The summed E-state index contributed by atoms with van der Waals surface area (Å²) in [5, 5.41) is 8.04. The fourth-order valence-corrected chi connectivity index (χ4v) is 4.85. The number of hydrogen-bond acceptors (Lipinski definition) is 7. The molecular weight excluding hydrogens is 419 g/mol. The van der Waals surface area contributed by atoms with Gasteiger partial charge in [-0.15, -0.1) is 10.2 Å². The Kier molecular flexibility index (Phi) is 8.59. The number of halogens is 5. The summed E-state index contributed by atoms with van der Waals surface area (Å²) in [4.78, 5) is 11.4. The maximum Gasteiger partial charge on any atom is 0.453 e. The minimum Gasteiger partial charge on any atom is -0.465 e. The molecule has 0 fully saturated rings. The molecular formula is C14H19F5N2O2S3. The molecule has 1 rings (SSSR count). The first-order chi connectivity index (χ1) is 11.9. The molecule has 0 amide bonds. The monoisotopic (exact) mass is 438 g/mol. The average molecular weight is 439 g/mol. The van der Waals surface area contributed by atoms with E-state index in [2.05, 4.69) is 35.7 Å². The van der Waals surface area contributed by atoms with E-state index in [-0.39, 0.29) is 16.9 Å². The van der Waals surface area contributed by atoms with Crippen molar-refractivity contribution < 1.29 is 31.5 Å². The second kappa shape index (κ2) is 9.54. The SMILES string of the molecule is CCC(C)(C)Sc1nnc(SCCC(=O)OCCC(F)(F)C(F)(F)F)s1. The van der Waals surface area contributed by atoms with E-state index < -0.39 is 31.1 Å². The Morgan fingerprint density at radius 3 is 2.35 bits per heavy atom. The molecule has 0 atom stereocenters. The summed E-state index contributed by atoms with van der Waals surface area (Å²) < 4.78 is 67.1. The summed E-state index contributed by atoms with van der Waals surface area (Å²) in [5.74, 6) is -5.43. The molecule has 26 heavy (non-hydrogen) atoms. The van der Waals surface area contributed by atoms with Gasteiger partial charge in [0.1, 0.15) is 0 Å². The van der Waals surface area contributed by atoms with Crippen LogP contribution in [-0.2, 0) is 9.53 Å². The van der Waals surface area contributed by atoms with Gasteiger partial charge in [-0.3, -0.25) is 4.79 Å². The molecule has 0 radical (unpaired) electrons. The predicted molar refractivity (Wildman–Crippen MR) is 92.1 cm³/mol. The molecule has 0 saturated heterocycles. The van der Waals surface area contributed by atoms with Gasteiger partial charge in [0, 0.05) is 10.5 Å². The van der Waals surface area contributed by atoms with Gasteiger partial charge in [0.25, 0.3) is 0 Å². The van der Waals surface area contributed by atoms with Crippen molar-refractivity contribution in [2.45, 2.75) is 65.6 Å². The number of carbonyl (C=O) groups excluding carboxylic acids is 1. The number of aromatic nitrogens is 2. The molecule has 0 N–H and O–H groups in total. The van der Waals surface area contributed by atoms with Gasteiger partial charge in [0.15, 0.2) is 8.68 Å². The van der Waals surface area contributed by atoms with Crippen LogP contribution in [0.4, 0.5) is 22.0 Å². The zero-order valence-corrected chi connectivity index (χ0v) is 16.8.